The molecule has 0 amide bonds. The van der Waals surface area contributed by atoms with Gasteiger partial charge in [0.25, 0.3) is 0 Å². The SMILES string of the molecule is N#Cc1c(Cl)c(Sc2ccccc2)c(Sc2ccccc2)c(Cl)c1C#N. The molecule has 0 aliphatic rings. The molecule has 0 bridgehead atoms. The van der Waals surface area contributed by atoms with Crippen molar-refractivity contribution in [3.05, 3.63) is 81.8 Å². The summed E-state index contributed by atoms with van der Waals surface area (Å²) in [6, 6.07) is 23.4. The zero-order chi connectivity index (χ0) is 18.5. The third-order valence-electron chi connectivity index (χ3n) is 3.44. The summed E-state index contributed by atoms with van der Waals surface area (Å²) in [5.41, 5.74) is 0.213. The van der Waals surface area contributed by atoms with Gasteiger partial charge < -0.3 is 0 Å². The quantitative estimate of drug-likeness (QED) is 0.460. The molecule has 0 N–H and O–H groups in total. The molecule has 0 saturated carbocycles. The summed E-state index contributed by atoms with van der Waals surface area (Å²) in [5, 5.41) is 19.4. The maximum absolute atomic E-state index is 9.47. The summed E-state index contributed by atoms with van der Waals surface area (Å²) in [6.07, 6.45) is 0. The maximum Gasteiger partial charge on any atom is 0.102 e. The van der Waals surface area contributed by atoms with E-state index in [2.05, 4.69) is 0 Å². The van der Waals surface area contributed by atoms with Gasteiger partial charge >= 0.3 is 0 Å². The van der Waals surface area contributed by atoms with Crippen LogP contribution in [-0.2, 0) is 0 Å². The van der Waals surface area contributed by atoms with Crippen molar-refractivity contribution in [3.63, 3.8) is 0 Å². The molecule has 3 aromatic rings. The van der Waals surface area contributed by atoms with Gasteiger partial charge in [0.1, 0.15) is 12.1 Å². The van der Waals surface area contributed by atoms with Crippen molar-refractivity contribution in [2.75, 3.05) is 0 Å². The van der Waals surface area contributed by atoms with Gasteiger partial charge in [-0.2, -0.15) is 10.5 Å². The van der Waals surface area contributed by atoms with Crippen LogP contribution in [0.3, 0.4) is 0 Å². The number of hydrogen-bond acceptors (Lipinski definition) is 4. The predicted molar refractivity (Wildman–Crippen MR) is 107 cm³/mol. The molecule has 126 valence electrons. The third-order valence-corrected chi connectivity index (χ3v) is 6.79. The van der Waals surface area contributed by atoms with Crippen LogP contribution in [0.4, 0.5) is 0 Å². The Labute approximate surface area is 170 Å². The Kier molecular flexibility index (Phi) is 6.14. The summed E-state index contributed by atoms with van der Waals surface area (Å²) in [4.78, 5) is 3.28. The molecule has 3 rings (SSSR count). The zero-order valence-corrected chi connectivity index (χ0v) is 16.4. The number of benzene rings is 3. The highest BCUT2D eigenvalue weighted by atomic mass is 35.5. The van der Waals surface area contributed by atoms with Crippen molar-refractivity contribution < 1.29 is 0 Å². The van der Waals surface area contributed by atoms with E-state index in [1.807, 2.05) is 72.8 Å². The fourth-order valence-corrected chi connectivity index (χ4v) is 5.14. The summed E-state index contributed by atoms with van der Waals surface area (Å²) in [7, 11) is 0. The van der Waals surface area contributed by atoms with E-state index < -0.39 is 0 Å². The molecule has 3 aromatic carbocycles. The Morgan fingerprint density at radius 3 is 1.27 bits per heavy atom. The molecular formula is C20H10Cl2N2S2. The molecule has 2 nitrogen and oxygen atoms in total. The van der Waals surface area contributed by atoms with Crippen LogP contribution in [0.1, 0.15) is 11.1 Å². The average Bonchev–Trinajstić information content (AvgIpc) is 2.68. The minimum atomic E-state index is 0.106. The van der Waals surface area contributed by atoms with Gasteiger partial charge in [-0.15, -0.1) is 0 Å². The van der Waals surface area contributed by atoms with Crippen LogP contribution in [0, 0.1) is 22.7 Å². The molecule has 0 aliphatic heterocycles. The van der Waals surface area contributed by atoms with E-state index in [9.17, 15) is 10.5 Å². The molecule has 0 saturated heterocycles. The maximum atomic E-state index is 9.47. The Balaban J connectivity index is 2.21. The molecule has 0 aromatic heterocycles. The molecule has 0 fully saturated rings. The minimum absolute atomic E-state index is 0.106. The van der Waals surface area contributed by atoms with E-state index in [1.54, 1.807) is 0 Å². The first-order valence-electron chi connectivity index (χ1n) is 7.46. The van der Waals surface area contributed by atoms with Gasteiger partial charge in [0.05, 0.1) is 21.2 Å². The van der Waals surface area contributed by atoms with E-state index in [0.717, 1.165) is 9.79 Å². The largest absolute Gasteiger partial charge is 0.192 e. The summed E-state index contributed by atoms with van der Waals surface area (Å²) in [5.74, 6) is 0. The zero-order valence-electron chi connectivity index (χ0n) is 13.2. The third kappa shape index (κ3) is 3.85. The number of halogens is 2. The van der Waals surface area contributed by atoms with Crippen LogP contribution in [0.15, 0.2) is 80.2 Å². The fraction of sp³-hybridized carbons (Fsp3) is 0. The highest BCUT2D eigenvalue weighted by molar-refractivity contribution is 8.02. The van der Waals surface area contributed by atoms with Gasteiger partial charge in [0.15, 0.2) is 0 Å². The minimum Gasteiger partial charge on any atom is -0.192 e. The number of hydrogen-bond donors (Lipinski definition) is 0. The van der Waals surface area contributed by atoms with Crippen LogP contribution in [0.5, 0.6) is 0 Å². The summed E-state index contributed by atoms with van der Waals surface area (Å²) in [6.45, 7) is 0. The second kappa shape index (κ2) is 8.54. The van der Waals surface area contributed by atoms with Crippen molar-refractivity contribution in [2.45, 2.75) is 19.6 Å². The predicted octanol–water partition coefficient (Wildman–Crippen LogP) is 7.04. The number of rotatable bonds is 4. The van der Waals surface area contributed by atoms with Gasteiger partial charge in [-0.25, -0.2) is 0 Å². The van der Waals surface area contributed by atoms with Crippen molar-refractivity contribution in [1.82, 2.24) is 0 Å². The molecule has 6 heteroatoms. The van der Waals surface area contributed by atoms with Crippen molar-refractivity contribution >= 4 is 46.7 Å². The monoisotopic (exact) mass is 412 g/mol. The lowest BCUT2D eigenvalue weighted by Crippen LogP contribution is -1.94. The van der Waals surface area contributed by atoms with Crippen LogP contribution < -0.4 is 0 Å². The molecule has 0 heterocycles. The number of nitriles is 2. The van der Waals surface area contributed by atoms with Crippen LogP contribution >= 0.6 is 46.7 Å². The molecular weight excluding hydrogens is 403 g/mol. The van der Waals surface area contributed by atoms with E-state index in [4.69, 9.17) is 23.2 Å². The molecule has 26 heavy (non-hydrogen) atoms. The van der Waals surface area contributed by atoms with E-state index >= 15 is 0 Å². The van der Waals surface area contributed by atoms with Crippen LogP contribution in [0.25, 0.3) is 0 Å². The first kappa shape index (κ1) is 18.7. The highest BCUT2D eigenvalue weighted by Gasteiger charge is 2.23. The van der Waals surface area contributed by atoms with E-state index in [1.165, 1.54) is 23.5 Å². The van der Waals surface area contributed by atoms with Crippen molar-refractivity contribution in [1.29, 1.82) is 10.5 Å². The Morgan fingerprint density at radius 1 is 0.615 bits per heavy atom. The smallest absolute Gasteiger partial charge is 0.102 e. The average molecular weight is 413 g/mol. The van der Waals surface area contributed by atoms with Gasteiger partial charge in [0.2, 0.25) is 0 Å². The Bertz CT molecular complexity index is 939. The summed E-state index contributed by atoms with van der Waals surface area (Å²) < 4.78 is 0. The second-order valence-corrected chi connectivity index (χ2v) is 8.01. The van der Waals surface area contributed by atoms with E-state index in [-0.39, 0.29) is 21.2 Å². The van der Waals surface area contributed by atoms with Crippen LogP contribution in [0.2, 0.25) is 10.0 Å². The lowest BCUT2D eigenvalue weighted by Gasteiger charge is -2.15. The van der Waals surface area contributed by atoms with Gasteiger partial charge in [-0.3, -0.25) is 0 Å². The highest BCUT2D eigenvalue weighted by Crippen LogP contribution is 2.49. The Morgan fingerprint density at radius 2 is 0.962 bits per heavy atom. The molecule has 0 unspecified atom stereocenters. The normalized spacial score (nSPS) is 10.2. The molecule has 0 radical (unpaired) electrons. The standard InChI is InChI=1S/C20H10Cl2N2S2/c21-17-15(11-23)16(12-24)18(22)20(26-14-9-5-2-6-10-14)19(17)25-13-7-3-1-4-8-13/h1-10H. The second-order valence-electron chi connectivity index (χ2n) is 5.09. The lowest BCUT2D eigenvalue weighted by atomic mass is 10.1. The molecule has 0 aliphatic carbocycles. The lowest BCUT2D eigenvalue weighted by molar-refractivity contribution is 1.20. The van der Waals surface area contributed by atoms with E-state index in [0.29, 0.717) is 9.79 Å². The topological polar surface area (TPSA) is 47.6 Å². The first-order valence-corrected chi connectivity index (χ1v) is 9.85. The van der Waals surface area contributed by atoms with Crippen molar-refractivity contribution in [3.8, 4) is 12.1 Å². The fourth-order valence-electron chi connectivity index (χ4n) is 2.25. The van der Waals surface area contributed by atoms with Gasteiger partial charge in [0, 0.05) is 19.6 Å². The van der Waals surface area contributed by atoms with Crippen molar-refractivity contribution in [2.24, 2.45) is 0 Å². The van der Waals surface area contributed by atoms with Gasteiger partial charge in [-0.05, 0) is 24.3 Å². The Hall–Kier alpha value is -2.08. The number of nitrogens with zero attached hydrogens (tertiary/aromatic N) is 2. The molecule has 0 spiro atoms. The molecule has 0 atom stereocenters. The summed E-state index contributed by atoms with van der Waals surface area (Å²) >= 11 is 15.9. The van der Waals surface area contributed by atoms with Gasteiger partial charge in [-0.1, -0.05) is 83.1 Å². The first-order chi connectivity index (χ1) is 12.7. The van der Waals surface area contributed by atoms with Crippen LogP contribution in [-0.4, -0.2) is 0 Å².